The van der Waals surface area contributed by atoms with Crippen LogP contribution in [0.1, 0.15) is 63.6 Å². The van der Waals surface area contributed by atoms with Crippen LogP contribution in [0, 0.1) is 6.92 Å². The van der Waals surface area contributed by atoms with Gasteiger partial charge in [-0.2, -0.15) is 0 Å². The Balaban J connectivity index is 2.04. The van der Waals surface area contributed by atoms with Crippen LogP contribution < -0.4 is 9.62 Å². The number of sulfonamides is 1. The molecule has 1 N–H and O–H groups in total. The van der Waals surface area contributed by atoms with Crippen molar-refractivity contribution in [3.05, 3.63) is 95.6 Å². The first-order chi connectivity index (χ1) is 18.9. The molecule has 0 bridgehead atoms. The van der Waals surface area contributed by atoms with Crippen molar-refractivity contribution in [3.63, 3.8) is 0 Å². The molecule has 0 fully saturated rings. The number of carbonyl (C=O) groups excluding carboxylic acids is 2. The summed E-state index contributed by atoms with van der Waals surface area (Å²) in [6.07, 6.45) is 0.750. The number of benzene rings is 3. The molecule has 2 atom stereocenters. The average molecular weight is 564 g/mol. The van der Waals surface area contributed by atoms with E-state index in [2.05, 4.69) is 19.2 Å². The average Bonchev–Trinajstić information content (AvgIpc) is 2.95. The van der Waals surface area contributed by atoms with Crippen LogP contribution >= 0.6 is 0 Å². The molecule has 0 saturated carbocycles. The molecule has 3 aromatic carbocycles. The lowest BCUT2D eigenvalue weighted by molar-refractivity contribution is -0.139. The lowest BCUT2D eigenvalue weighted by Gasteiger charge is -2.33. The Kier molecular flexibility index (Phi) is 10.5. The summed E-state index contributed by atoms with van der Waals surface area (Å²) in [6, 6.07) is 22.1. The molecule has 7 nitrogen and oxygen atoms in total. The number of nitrogens with zero attached hydrogens (tertiary/aromatic N) is 2. The third-order valence-electron chi connectivity index (χ3n) is 7.23. The minimum Gasteiger partial charge on any atom is -0.352 e. The van der Waals surface area contributed by atoms with Crippen LogP contribution in [0.3, 0.4) is 0 Å². The Morgan fingerprint density at radius 3 is 2.02 bits per heavy atom. The molecule has 0 aliphatic heterocycles. The monoisotopic (exact) mass is 563 g/mol. The molecule has 3 rings (SSSR count). The third kappa shape index (κ3) is 7.50. The van der Waals surface area contributed by atoms with Crippen molar-refractivity contribution in [2.24, 2.45) is 0 Å². The summed E-state index contributed by atoms with van der Waals surface area (Å²) in [4.78, 5) is 28.8. The molecule has 40 heavy (non-hydrogen) atoms. The van der Waals surface area contributed by atoms with Crippen molar-refractivity contribution in [3.8, 4) is 0 Å². The summed E-state index contributed by atoms with van der Waals surface area (Å²) in [6.45, 7) is 11.4. The lowest BCUT2D eigenvalue weighted by atomic mass is 10.0. The minimum absolute atomic E-state index is 0.0557. The van der Waals surface area contributed by atoms with Gasteiger partial charge in [0.05, 0.1) is 10.6 Å². The molecule has 3 aromatic rings. The molecule has 0 saturated heterocycles. The fourth-order valence-corrected chi connectivity index (χ4v) is 5.73. The van der Waals surface area contributed by atoms with Gasteiger partial charge in [0, 0.05) is 12.6 Å². The predicted octanol–water partition coefficient (Wildman–Crippen LogP) is 5.65. The minimum atomic E-state index is -4.08. The number of hydrogen-bond acceptors (Lipinski definition) is 4. The van der Waals surface area contributed by atoms with Gasteiger partial charge in [-0.15, -0.1) is 0 Å². The van der Waals surface area contributed by atoms with Gasteiger partial charge in [0.1, 0.15) is 12.6 Å². The number of rotatable bonds is 12. The van der Waals surface area contributed by atoms with E-state index in [9.17, 15) is 18.0 Å². The molecule has 0 unspecified atom stereocenters. The highest BCUT2D eigenvalue weighted by molar-refractivity contribution is 7.92. The zero-order chi connectivity index (χ0) is 29.4. The number of hydrogen-bond donors (Lipinski definition) is 1. The van der Waals surface area contributed by atoms with Gasteiger partial charge in [0.15, 0.2) is 0 Å². The van der Waals surface area contributed by atoms with E-state index in [1.165, 1.54) is 17.0 Å². The largest absolute Gasteiger partial charge is 0.352 e. The van der Waals surface area contributed by atoms with Crippen LogP contribution in [-0.2, 0) is 26.2 Å². The van der Waals surface area contributed by atoms with Gasteiger partial charge >= 0.3 is 0 Å². The van der Waals surface area contributed by atoms with E-state index < -0.39 is 28.5 Å². The molecule has 0 aliphatic carbocycles. The zero-order valence-electron chi connectivity index (χ0n) is 24.3. The Labute approximate surface area is 239 Å². The summed E-state index contributed by atoms with van der Waals surface area (Å²) >= 11 is 0. The second-order valence-electron chi connectivity index (χ2n) is 10.5. The van der Waals surface area contributed by atoms with Crippen molar-refractivity contribution in [1.29, 1.82) is 0 Å². The molecule has 2 amide bonds. The molecule has 0 aliphatic rings. The SMILES string of the molecule is CC[C@H](C)NC(=O)[C@@H](C)N(Cc1ccccc1C)C(=O)CN(c1ccc(C(C)C)cc1)S(=O)(=O)c1ccccc1. The standard InChI is InChI=1S/C32H41N3O4S/c1-7-25(5)33-32(37)26(6)34(21-28-14-12-11-13-24(28)4)31(36)22-35(29-19-17-27(18-20-29)23(2)3)40(38,39)30-15-9-8-10-16-30/h8-20,23,25-26H,7,21-22H2,1-6H3,(H,33,37)/t25-,26+/m0/s1. The van der Waals surface area contributed by atoms with Gasteiger partial charge in [0.2, 0.25) is 11.8 Å². The summed E-state index contributed by atoms with van der Waals surface area (Å²) in [7, 11) is -4.08. The van der Waals surface area contributed by atoms with Gasteiger partial charge in [-0.3, -0.25) is 13.9 Å². The fourth-order valence-electron chi connectivity index (χ4n) is 4.29. The van der Waals surface area contributed by atoms with Crippen molar-refractivity contribution in [1.82, 2.24) is 10.2 Å². The maximum absolute atomic E-state index is 14.0. The van der Waals surface area contributed by atoms with Crippen LogP contribution in [0.4, 0.5) is 5.69 Å². The highest BCUT2D eigenvalue weighted by atomic mass is 32.2. The highest BCUT2D eigenvalue weighted by Crippen LogP contribution is 2.26. The molecule has 0 aromatic heterocycles. The number of amides is 2. The molecular weight excluding hydrogens is 522 g/mol. The van der Waals surface area contributed by atoms with Crippen LogP contribution in [0.2, 0.25) is 0 Å². The second kappa shape index (κ2) is 13.6. The van der Waals surface area contributed by atoms with E-state index in [0.29, 0.717) is 5.69 Å². The van der Waals surface area contributed by atoms with Gasteiger partial charge in [-0.25, -0.2) is 8.42 Å². The molecule has 0 heterocycles. The summed E-state index contributed by atoms with van der Waals surface area (Å²) in [5.41, 5.74) is 3.31. The third-order valence-corrected chi connectivity index (χ3v) is 9.02. The van der Waals surface area contributed by atoms with E-state index in [4.69, 9.17) is 0 Å². The van der Waals surface area contributed by atoms with Crippen LogP contribution in [-0.4, -0.2) is 43.8 Å². The van der Waals surface area contributed by atoms with E-state index in [0.717, 1.165) is 27.4 Å². The molecule has 8 heteroatoms. The Morgan fingerprint density at radius 1 is 0.850 bits per heavy atom. The van der Waals surface area contributed by atoms with E-state index in [1.807, 2.05) is 57.2 Å². The summed E-state index contributed by atoms with van der Waals surface area (Å²) in [5, 5.41) is 2.96. The Hall–Kier alpha value is -3.65. The van der Waals surface area contributed by atoms with Gasteiger partial charge in [0.25, 0.3) is 10.0 Å². The number of nitrogens with one attached hydrogen (secondary N) is 1. The van der Waals surface area contributed by atoms with Crippen LogP contribution in [0.25, 0.3) is 0 Å². The van der Waals surface area contributed by atoms with E-state index >= 15 is 0 Å². The maximum Gasteiger partial charge on any atom is 0.264 e. The maximum atomic E-state index is 14.0. The highest BCUT2D eigenvalue weighted by Gasteiger charge is 2.33. The second-order valence-corrected chi connectivity index (χ2v) is 12.4. The van der Waals surface area contributed by atoms with E-state index in [1.54, 1.807) is 37.3 Å². The first kappa shape index (κ1) is 30.9. The number of anilines is 1. The zero-order valence-corrected chi connectivity index (χ0v) is 25.1. The molecule has 0 radical (unpaired) electrons. The van der Waals surface area contributed by atoms with Crippen molar-refractivity contribution in [2.75, 3.05) is 10.8 Å². The predicted molar refractivity (Wildman–Crippen MR) is 161 cm³/mol. The number of aryl methyl sites for hydroxylation is 1. The van der Waals surface area contributed by atoms with Crippen molar-refractivity contribution < 1.29 is 18.0 Å². The number of carbonyl (C=O) groups is 2. The summed E-state index contributed by atoms with van der Waals surface area (Å²) in [5.74, 6) is -0.484. The topological polar surface area (TPSA) is 86.8 Å². The Morgan fingerprint density at radius 2 is 1.45 bits per heavy atom. The smallest absolute Gasteiger partial charge is 0.264 e. The lowest BCUT2D eigenvalue weighted by Crippen LogP contribution is -2.52. The molecule has 214 valence electrons. The van der Waals surface area contributed by atoms with E-state index in [-0.39, 0.29) is 29.3 Å². The quantitative estimate of drug-likeness (QED) is 0.309. The van der Waals surface area contributed by atoms with Crippen molar-refractivity contribution in [2.45, 2.75) is 77.4 Å². The first-order valence-electron chi connectivity index (χ1n) is 13.8. The molecule has 0 spiro atoms. The van der Waals surface area contributed by atoms with Gasteiger partial charge < -0.3 is 10.2 Å². The van der Waals surface area contributed by atoms with Crippen LogP contribution in [0.5, 0.6) is 0 Å². The fraction of sp³-hybridized carbons (Fsp3) is 0.375. The van der Waals surface area contributed by atoms with Gasteiger partial charge in [-0.1, -0.05) is 75.4 Å². The van der Waals surface area contributed by atoms with Gasteiger partial charge in [-0.05, 0) is 74.1 Å². The van der Waals surface area contributed by atoms with Crippen molar-refractivity contribution >= 4 is 27.5 Å². The molecular formula is C32H41N3O4S. The normalized spacial score (nSPS) is 13.0. The first-order valence-corrected chi connectivity index (χ1v) is 15.2. The Bertz CT molecular complexity index is 1390. The summed E-state index contributed by atoms with van der Waals surface area (Å²) < 4.78 is 28.9. The van der Waals surface area contributed by atoms with Crippen LogP contribution in [0.15, 0.2) is 83.8 Å².